The van der Waals surface area contributed by atoms with Gasteiger partial charge in [-0.3, -0.25) is 34.1 Å². The number of piperazine rings is 1. The molecule has 8 rings (SSSR count). The summed E-state index contributed by atoms with van der Waals surface area (Å²) in [5.74, 6) is 8.61. The van der Waals surface area contributed by atoms with Crippen molar-refractivity contribution < 1.29 is 33.3 Å². The molecule has 1 saturated carbocycles. The molecular formula is C76H154N12O7S3. The molecule has 5 saturated heterocycles. The van der Waals surface area contributed by atoms with Crippen LogP contribution in [-0.4, -0.2) is 299 Å². The van der Waals surface area contributed by atoms with Crippen molar-refractivity contribution in [1.29, 1.82) is 0 Å². The number of hydrogen-bond acceptors (Lipinski definition) is 20. The topological polar surface area (TPSA) is 163 Å². The molecule has 1 aliphatic carbocycles. The molecule has 1 aromatic heterocycles. The number of benzene rings is 1. The van der Waals surface area contributed by atoms with E-state index in [0.717, 1.165) is 134 Å². The minimum atomic E-state index is 0.214. The van der Waals surface area contributed by atoms with Gasteiger partial charge in [-0.2, -0.15) is 23.5 Å². The van der Waals surface area contributed by atoms with E-state index in [1.807, 2.05) is 75.4 Å². The number of carbonyl (C=O) groups excluding carboxylic acids is 2. The lowest BCUT2D eigenvalue weighted by molar-refractivity contribution is -0.133. The van der Waals surface area contributed by atoms with Gasteiger partial charge >= 0.3 is 0 Å². The molecule has 5 N–H and O–H groups in total. The number of ether oxygens (including phenoxy) is 5. The third kappa shape index (κ3) is 51.6. The Hall–Kier alpha value is -2.52. The third-order valence-corrected chi connectivity index (χ3v) is 20.0. The summed E-state index contributed by atoms with van der Waals surface area (Å²) in [6, 6.07) is 12.2. The summed E-state index contributed by atoms with van der Waals surface area (Å²) in [4.78, 5) is 39.2. The molecule has 5 aliphatic heterocycles. The van der Waals surface area contributed by atoms with E-state index >= 15 is 0 Å². The maximum Gasteiger partial charge on any atom is 0.236 e. The Morgan fingerprint density at radius 2 is 1.14 bits per heavy atom. The van der Waals surface area contributed by atoms with Crippen LogP contribution < -0.4 is 40.8 Å². The monoisotopic (exact) mass is 1440 g/mol. The Labute approximate surface area is 615 Å². The summed E-state index contributed by atoms with van der Waals surface area (Å²) in [7, 11) is 16.6. The predicted molar refractivity (Wildman–Crippen MR) is 429 cm³/mol. The van der Waals surface area contributed by atoms with Crippen molar-refractivity contribution in [3.8, 4) is 17.2 Å². The van der Waals surface area contributed by atoms with E-state index in [1.54, 1.807) is 33.2 Å². The molecule has 2 atom stereocenters. The van der Waals surface area contributed by atoms with Crippen LogP contribution in [0.2, 0.25) is 0 Å². The molecule has 0 spiro atoms. The second-order valence-corrected chi connectivity index (χ2v) is 31.2. The molecule has 578 valence electrons. The second-order valence-electron chi connectivity index (χ2n) is 27.7. The number of amides is 2. The lowest BCUT2D eigenvalue weighted by Gasteiger charge is -2.37. The average Bonchev–Trinajstić information content (AvgIpc) is 1.06. The molecule has 2 amide bonds. The quantitative estimate of drug-likeness (QED) is 0.0750. The van der Waals surface area contributed by atoms with Crippen molar-refractivity contribution in [3.63, 3.8) is 0 Å². The van der Waals surface area contributed by atoms with Crippen molar-refractivity contribution in [2.24, 2.45) is 5.92 Å². The van der Waals surface area contributed by atoms with Crippen LogP contribution in [-0.2, 0) is 32.0 Å². The Morgan fingerprint density at radius 1 is 0.633 bits per heavy atom. The number of morpholine rings is 1. The Morgan fingerprint density at radius 3 is 1.50 bits per heavy atom. The maximum absolute atomic E-state index is 11.1. The fraction of sp³-hybridized carbons (Fsp3) is 0.842. The molecule has 2 aromatic rings. The Bertz CT molecular complexity index is 2060. The summed E-state index contributed by atoms with van der Waals surface area (Å²) >= 11 is 5.97. The summed E-state index contributed by atoms with van der Waals surface area (Å²) in [5, 5.41) is 17.9. The van der Waals surface area contributed by atoms with Gasteiger partial charge in [-0.05, 0) is 192 Å². The highest BCUT2D eigenvalue weighted by molar-refractivity contribution is 7.99. The number of methoxy groups -OCH3 is 3. The lowest BCUT2D eigenvalue weighted by Crippen LogP contribution is -2.48. The number of thioether (sulfide) groups is 2. The van der Waals surface area contributed by atoms with E-state index in [1.165, 1.54) is 86.2 Å². The zero-order valence-corrected chi connectivity index (χ0v) is 70.0. The summed E-state index contributed by atoms with van der Waals surface area (Å²) in [5.41, 5.74) is 1.10. The van der Waals surface area contributed by atoms with Crippen molar-refractivity contribution in [2.45, 2.75) is 211 Å². The largest absolute Gasteiger partial charge is 0.493 e. The van der Waals surface area contributed by atoms with Crippen LogP contribution >= 0.6 is 34.9 Å². The van der Waals surface area contributed by atoms with E-state index in [9.17, 15) is 9.59 Å². The number of carbonyl (C=O) groups is 2. The van der Waals surface area contributed by atoms with Crippen LogP contribution in [0.1, 0.15) is 160 Å². The smallest absolute Gasteiger partial charge is 0.236 e. The highest BCUT2D eigenvalue weighted by Gasteiger charge is 2.24. The van der Waals surface area contributed by atoms with E-state index in [2.05, 4.69) is 191 Å². The number of likely N-dealkylation sites (N-methyl/N-ethyl adjacent to an activating group) is 4. The molecule has 1 aromatic carbocycles. The van der Waals surface area contributed by atoms with Gasteiger partial charge in [0.25, 0.3) is 0 Å². The average molecular weight is 1440 g/mol. The molecule has 19 nitrogen and oxygen atoms in total. The summed E-state index contributed by atoms with van der Waals surface area (Å²) < 4.78 is 26.5. The van der Waals surface area contributed by atoms with Gasteiger partial charge in [-0.15, -0.1) is 11.3 Å². The highest BCUT2D eigenvalue weighted by Crippen LogP contribution is 2.38. The van der Waals surface area contributed by atoms with Gasteiger partial charge < -0.3 is 60.1 Å². The fourth-order valence-corrected chi connectivity index (χ4v) is 13.3. The fourth-order valence-electron chi connectivity index (χ4n) is 10.7. The van der Waals surface area contributed by atoms with Crippen molar-refractivity contribution in [3.05, 3.63) is 40.1 Å². The minimum Gasteiger partial charge on any atom is -0.493 e. The van der Waals surface area contributed by atoms with Gasteiger partial charge in [-0.25, -0.2) is 0 Å². The third-order valence-electron chi connectivity index (χ3n) is 17.2. The van der Waals surface area contributed by atoms with E-state index in [4.69, 9.17) is 23.7 Å². The van der Waals surface area contributed by atoms with Gasteiger partial charge in [0.1, 0.15) is 0 Å². The predicted octanol–water partition coefficient (Wildman–Crippen LogP) is 11.1. The minimum absolute atomic E-state index is 0.214. The van der Waals surface area contributed by atoms with E-state index in [0.29, 0.717) is 54.1 Å². The standard InChI is InChI=1S/C13H21NO3.C10H20N2O.C9H19NO.2C7H15NS.C7H11NS.C6H12N2O.C6H13N.C6H15N.C5H13NO/c1-9(2)14-8-10-6-11(15-3)13(17-5)12(7-10)16-4;1-9(2)11-5-4-6-12(8-7-11)10(3)13;1-7(2)10-5-8(3)11-9(4)6-10;2*1-7(2)8-3-5-9-6-4-8;1-8-5-4-7-3-2-6-9-7;1-7-3-4-8(2)6(9)5-7;1-7-6-4-2-3-5-6;1-6(2)4-5-7-3;1-3-7-5-4-6-2/h6-7,9,14H,8H2,1-5H3;9H,4-8H2,1-3H3;7-9H,5-6H2,1-4H3;2*7H,3-6H2,1-2H3;2-3,6,8H,4-5H2,1H3;3-5H2,1-2H3;6-7H,2-5H2,1H3;6-7H,4-5H2,1-3H3;6H,3-5H2,1-2H3. The first-order chi connectivity index (χ1) is 46.7. The summed E-state index contributed by atoms with van der Waals surface area (Å²) in [6.45, 7) is 54.0. The molecule has 0 radical (unpaired) electrons. The van der Waals surface area contributed by atoms with Crippen molar-refractivity contribution in [1.82, 2.24) is 60.9 Å². The van der Waals surface area contributed by atoms with E-state index in [-0.39, 0.29) is 11.8 Å². The van der Waals surface area contributed by atoms with Crippen LogP contribution in [0.5, 0.6) is 17.2 Å². The van der Waals surface area contributed by atoms with Gasteiger partial charge in [0.2, 0.25) is 17.6 Å². The lowest BCUT2D eigenvalue weighted by atomic mass is 10.1. The first kappa shape index (κ1) is 97.5. The molecule has 6 fully saturated rings. The first-order valence-corrected chi connectivity index (χ1v) is 40.6. The number of nitrogens with zero attached hydrogens (tertiary/aromatic N) is 7. The van der Waals surface area contributed by atoms with Gasteiger partial charge in [0, 0.05) is 176 Å². The molecule has 2 unspecified atom stereocenters. The zero-order chi connectivity index (χ0) is 74.2. The molecular weight excluding hydrogens is 1290 g/mol. The molecule has 0 bridgehead atoms. The van der Waals surface area contributed by atoms with Crippen molar-refractivity contribution >= 4 is 46.7 Å². The first-order valence-electron chi connectivity index (χ1n) is 37.4. The van der Waals surface area contributed by atoms with Gasteiger partial charge in [-0.1, -0.05) is 46.6 Å². The van der Waals surface area contributed by atoms with Crippen LogP contribution in [0.3, 0.4) is 0 Å². The number of nitrogens with one attached hydrogen (secondary N) is 5. The molecule has 22 heteroatoms. The Balaban J connectivity index is 0. The number of hydrogen-bond donors (Lipinski definition) is 5. The van der Waals surface area contributed by atoms with Gasteiger partial charge in [0.05, 0.1) is 46.7 Å². The molecule has 6 heterocycles. The Kier molecular flexibility index (Phi) is 62.7. The van der Waals surface area contributed by atoms with Crippen LogP contribution in [0.15, 0.2) is 29.6 Å². The maximum atomic E-state index is 11.1. The molecule has 98 heavy (non-hydrogen) atoms. The van der Waals surface area contributed by atoms with Crippen LogP contribution in [0, 0.1) is 5.92 Å². The SMILES string of the molecule is CC(=O)N1CCCN(C(C)C)CC1.CC(C)N1CCSCC1.CC(C)N1CCSCC1.CC1CN(C(C)C)CC(C)O1.CCOCCNC.CN1CCN(C)C(=O)C1.CNC1CCCC1.CNCCC(C)C.CNCCc1cccs1.COc1cc(CNC(C)C)cc(OC)c1OC. The number of rotatable bonds is 21. The van der Waals surface area contributed by atoms with Crippen LogP contribution in [0.4, 0.5) is 0 Å². The second kappa shape index (κ2) is 63.0. The van der Waals surface area contributed by atoms with Gasteiger partial charge in [0.15, 0.2) is 11.5 Å². The molecule has 6 aliphatic rings. The van der Waals surface area contributed by atoms with Crippen molar-refractivity contribution in [2.75, 3.05) is 205 Å². The normalized spacial score (nSPS) is 18.7. The zero-order valence-electron chi connectivity index (χ0n) is 67.5. The van der Waals surface area contributed by atoms with Crippen LogP contribution in [0.25, 0.3) is 0 Å². The summed E-state index contributed by atoms with van der Waals surface area (Å²) in [6.07, 6.45) is 10.0. The highest BCUT2D eigenvalue weighted by atomic mass is 32.2. The van der Waals surface area contributed by atoms with E-state index < -0.39 is 0 Å². The number of thiophene rings is 1.